The molecule has 144 valence electrons. The number of hydrogen-bond acceptors (Lipinski definition) is 4. The van der Waals surface area contributed by atoms with Gasteiger partial charge in [0.15, 0.2) is 4.84 Å². The molecule has 0 fully saturated rings. The van der Waals surface area contributed by atoms with E-state index in [0.29, 0.717) is 5.56 Å². The van der Waals surface area contributed by atoms with Gasteiger partial charge in [-0.25, -0.2) is 0 Å². The lowest BCUT2D eigenvalue weighted by atomic mass is 10.0. The maximum atomic E-state index is 12.2. The van der Waals surface area contributed by atoms with Crippen LogP contribution in [0.5, 0.6) is 0 Å². The van der Waals surface area contributed by atoms with E-state index in [9.17, 15) is 19.1 Å². The number of carbonyl (C=O) groups excluding carboxylic acids is 1. The monoisotopic (exact) mass is 413 g/mol. The van der Waals surface area contributed by atoms with E-state index in [1.54, 1.807) is 36.5 Å². The lowest BCUT2D eigenvalue weighted by Crippen LogP contribution is -2.17. The number of aliphatic hydroxyl groups is 1. The van der Waals surface area contributed by atoms with Crippen LogP contribution < -0.4 is 11.3 Å². The smallest absolute Gasteiger partial charge is 0.252 e. The first-order valence-electron chi connectivity index (χ1n) is 7.79. The van der Waals surface area contributed by atoms with E-state index < -0.39 is 23.5 Å². The summed E-state index contributed by atoms with van der Waals surface area (Å²) in [5.41, 5.74) is 6.50. The quantitative estimate of drug-likeness (QED) is 0.709. The average molecular weight is 414 g/mol. The van der Waals surface area contributed by atoms with Gasteiger partial charge in [0.1, 0.15) is 6.54 Å². The topological polar surface area (TPSA) is 109 Å². The fraction of sp³-hybridized carbons (Fsp3) is 0.278. The number of alkyl halides is 3. The van der Waals surface area contributed by atoms with Gasteiger partial charge >= 0.3 is 0 Å². The highest BCUT2D eigenvalue weighted by Crippen LogP contribution is 2.22. The third-order valence-corrected chi connectivity index (χ3v) is 3.89. The Morgan fingerprint density at radius 3 is 2.30 bits per heavy atom. The minimum atomic E-state index is -1.06. The number of aliphatic hydroxyl groups excluding tert-OH is 1. The molecule has 6 nitrogen and oxygen atoms in total. The van der Waals surface area contributed by atoms with Crippen LogP contribution in [-0.2, 0) is 11.3 Å². The summed E-state index contributed by atoms with van der Waals surface area (Å²) in [6.07, 6.45) is 0.837. The second-order valence-electron chi connectivity index (χ2n) is 5.36. The first-order chi connectivity index (χ1) is 12.8. The third kappa shape index (κ3) is 7.39. The van der Waals surface area contributed by atoms with Crippen molar-refractivity contribution in [2.75, 3.05) is 6.67 Å². The van der Waals surface area contributed by atoms with Crippen molar-refractivity contribution < 1.29 is 14.3 Å². The standard InChI is InChI=1S/C16H15FN2O2.C2H3Cl2NO/c17-7-5-15(20)13-3-1-12(2-4-13)14-6-9-19(10-8-18)16(21)11-14;3-1(4)2(5)6/h1-4,6,9,11,15,20H,5,7,10H2;1H,(H2,5,6). The van der Waals surface area contributed by atoms with Gasteiger partial charge in [-0.15, -0.1) is 0 Å². The van der Waals surface area contributed by atoms with Crippen molar-refractivity contribution in [1.82, 2.24) is 4.57 Å². The van der Waals surface area contributed by atoms with E-state index in [4.69, 9.17) is 28.5 Å². The Balaban J connectivity index is 0.000000527. The summed E-state index contributed by atoms with van der Waals surface area (Å²) in [7, 11) is 0. The molecule has 1 unspecified atom stereocenters. The number of primary amides is 1. The molecule has 0 saturated heterocycles. The minimum Gasteiger partial charge on any atom is -0.388 e. The van der Waals surface area contributed by atoms with Crippen molar-refractivity contribution in [3.8, 4) is 17.2 Å². The van der Waals surface area contributed by atoms with Gasteiger partial charge in [0.05, 0.1) is 18.8 Å². The first-order valence-corrected chi connectivity index (χ1v) is 8.66. The number of halogens is 3. The van der Waals surface area contributed by atoms with Gasteiger partial charge in [0, 0.05) is 18.7 Å². The van der Waals surface area contributed by atoms with E-state index in [1.165, 1.54) is 10.6 Å². The number of amides is 1. The summed E-state index contributed by atoms with van der Waals surface area (Å²) >= 11 is 9.81. The van der Waals surface area contributed by atoms with Crippen LogP contribution in [0.1, 0.15) is 18.1 Å². The molecule has 0 bridgehead atoms. The Kier molecular flexibility index (Phi) is 9.51. The molecular weight excluding hydrogens is 396 g/mol. The van der Waals surface area contributed by atoms with Crippen molar-refractivity contribution in [3.63, 3.8) is 0 Å². The van der Waals surface area contributed by atoms with Gasteiger partial charge in [0.2, 0.25) is 0 Å². The van der Waals surface area contributed by atoms with Gasteiger partial charge in [-0.2, -0.15) is 5.26 Å². The fourth-order valence-electron chi connectivity index (χ4n) is 2.06. The molecule has 1 amide bonds. The number of pyridine rings is 1. The lowest BCUT2D eigenvalue weighted by molar-refractivity contribution is -0.116. The number of aromatic nitrogens is 1. The predicted molar refractivity (Wildman–Crippen MR) is 102 cm³/mol. The lowest BCUT2D eigenvalue weighted by Gasteiger charge is -2.10. The molecule has 0 spiro atoms. The molecule has 0 saturated carbocycles. The van der Waals surface area contributed by atoms with Crippen LogP contribution in [0.15, 0.2) is 47.4 Å². The van der Waals surface area contributed by atoms with E-state index in [2.05, 4.69) is 5.73 Å². The first kappa shape index (κ1) is 22.6. The number of benzene rings is 1. The zero-order chi connectivity index (χ0) is 20.4. The molecule has 0 radical (unpaired) electrons. The number of carbonyl (C=O) groups is 1. The SMILES string of the molecule is N#CCn1ccc(-c2ccc(C(O)CCF)cc2)cc1=O.NC(=O)C(Cl)Cl. The van der Waals surface area contributed by atoms with E-state index in [0.717, 1.165) is 11.1 Å². The van der Waals surface area contributed by atoms with Crippen LogP contribution in [0.25, 0.3) is 11.1 Å². The summed E-state index contributed by atoms with van der Waals surface area (Å²) in [6.45, 7) is -0.548. The van der Waals surface area contributed by atoms with Crippen molar-refractivity contribution >= 4 is 29.1 Å². The maximum absolute atomic E-state index is 12.2. The highest BCUT2D eigenvalue weighted by Gasteiger charge is 2.08. The molecule has 0 aliphatic carbocycles. The molecule has 9 heteroatoms. The van der Waals surface area contributed by atoms with Crippen molar-refractivity contribution in [1.29, 1.82) is 5.26 Å². The summed E-state index contributed by atoms with van der Waals surface area (Å²) < 4.78 is 13.5. The summed E-state index contributed by atoms with van der Waals surface area (Å²) in [5.74, 6) is -0.710. The summed E-state index contributed by atoms with van der Waals surface area (Å²) in [5, 5.41) is 18.3. The Morgan fingerprint density at radius 1 is 1.26 bits per heavy atom. The highest BCUT2D eigenvalue weighted by molar-refractivity contribution is 6.53. The molecule has 1 aromatic heterocycles. The highest BCUT2D eigenvalue weighted by atomic mass is 35.5. The number of nitrogens with zero attached hydrogens (tertiary/aromatic N) is 2. The van der Waals surface area contributed by atoms with Crippen molar-refractivity contribution in [2.24, 2.45) is 5.73 Å². The van der Waals surface area contributed by atoms with Gasteiger partial charge in [-0.1, -0.05) is 47.5 Å². The molecule has 27 heavy (non-hydrogen) atoms. The molecule has 1 aromatic carbocycles. The minimum absolute atomic E-state index is 0.0213. The van der Waals surface area contributed by atoms with Gasteiger partial charge in [-0.3, -0.25) is 14.0 Å². The number of nitrogens with two attached hydrogens (primary N) is 1. The third-order valence-electron chi connectivity index (χ3n) is 3.46. The normalized spacial score (nSPS) is 11.3. The molecule has 2 aromatic rings. The van der Waals surface area contributed by atoms with Crippen LogP contribution in [0.2, 0.25) is 0 Å². The number of hydrogen-bond donors (Lipinski definition) is 2. The van der Waals surface area contributed by atoms with Crippen LogP contribution in [0, 0.1) is 11.3 Å². The number of rotatable bonds is 6. The Bertz CT molecular complexity index is 848. The maximum Gasteiger partial charge on any atom is 0.252 e. The van der Waals surface area contributed by atoms with Crippen molar-refractivity contribution in [2.45, 2.75) is 23.9 Å². The van der Waals surface area contributed by atoms with Crippen LogP contribution >= 0.6 is 23.2 Å². The molecule has 1 atom stereocenters. The molecule has 0 aliphatic rings. The van der Waals surface area contributed by atoms with E-state index in [-0.39, 0.29) is 18.5 Å². The van der Waals surface area contributed by atoms with E-state index >= 15 is 0 Å². The van der Waals surface area contributed by atoms with Gasteiger partial charge in [0.25, 0.3) is 11.5 Å². The zero-order valence-electron chi connectivity index (χ0n) is 14.2. The predicted octanol–water partition coefficient (Wildman–Crippen LogP) is 2.71. The second kappa shape index (κ2) is 11.3. The zero-order valence-corrected chi connectivity index (χ0v) is 15.7. The molecule has 1 heterocycles. The second-order valence-corrected chi connectivity index (χ2v) is 6.45. The molecule has 0 aliphatic heterocycles. The summed E-state index contributed by atoms with van der Waals surface area (Å²) in [6, 6.07) is 12.1. The Morgan fingerprint density at radius 2 is 1.85 bits per heavy atom. The van der Waals surface area contributed by atoms with Crippen LogP contribution in [0.3, 0.4) is 0 Å². The van der Waals surface area contributed by atoms with E-state index in [1.807, 2.05) is 6.07 Å². The van der Waals surface area contributed by atoms with Gasteiger partial charge in [-0.05, 0) is 22.8 Å². The fourth-order valence-corrected chi connectivity index (χ4v) is 2.06. The van der Waals surface area contributed by atoms with Crippen LogP contribution in [0.4, 0.5) is 4.39 Å². The molecule has 2 rings (SSSR count). The van der Waals surface area contributed by atoms with Gasteiger partial charge < -0.3 is 15.4 Å². The average Bonchev–Trinajstić information content (AvgIpc) is 2.64. The largest absolute Gasteiger partial charge is 0.388 e. The summed E-state index contributed by atoms with van der Waals surface area (Å²) in [4.78, 5) is 20.4. The van der Waals surface area contributed by atoms with Crippen molar-refractivity contribution in [3.05, 3.63) is 58.5 Å². The Labute approximate surface area is 165 Å². The Hall–Kier alpha value is -2.40. The number of nitriles is 1. The molecule has 3 N–H and O–H groups in total. The van der Waals surface area contributed by atoms with Crippen LogP contribution in [-0.4, -0.2) is 27.1 Å². The molecular formula is C18H18Cl2FN3O3.